The summed E-state index contributed by atoms with van der Waals surface area (Å²) < 4.78 is 31.8. The summed E-state index contributed by atoms with van der Waals surface area (Å²) >= 11 is 0. The predicted molar refractivity (Wildman–Crippen MR) is 155 cm³/mol. The Balaban J connectivity index is 1.76. The van der Waals surface area contributed by atoms with E-state index in [1.807, 2.05) is 50.2 Å². The van der Waals surface area contributed by atoms with E-state index in [0.29, 0.717) is 24.3 Å². The molecule has 8 nitrogen and oxygen atoms in total. The number of ether oxygens (including phenoxy) is 1. The number of aryl methyl sites for hydroxylation is 1. The molecule has 1 atom stereocenters. The second kappa shape index (κ2) is 14.4. The molecule has 0 radical (unpaired) electrons. The second-order valence-corrected chi connectivity index (χ2v) is 12.2. The van der Waals surface area contributed by atoms with E-state index in [1.54, 1.807) is 24.1 Å². The molecule has 0 aromatic heterocycles. The Morgan fingerprint density at radius 1 is 1.05 bits per heavy atom. The summed E-state index contributed by atoms with van der Waals surface area (Å²) in [6.07, 6.45) is 7.11. The highest BCUT2D eigenvalue weighted by Gasteiger charge is 2.30. The van der Waals surface area contributed by atoms with Gasteiger partial charge in [-0.25, -0.2) is 8.42 Å². The van der Waals surface area contributed by atoms with Gasteiger partial charge in [-0.2, -0.15) is 0 Å². The number of nitrogens with zero attached hydrogens (tertiary/aromatic N) is 2. The summed E-state index contributed by atoms with van der Waals surface area (Å²) in [6.45, 7) is 4.40. The van der Waals surface area contributed by atoms with Gasteiger partial charge in [0.1, 0.15) is 11.8 Å². The number of methoxy groups -OCH3 is 1. The van der Waals surface area contributed by atoms with Gasteiger partial charge in [-0.1, -0.05) is 51.0 Å². The monoisotopic (exact) mass is 557 g/mol. The average molecular weight is 558 g/mol. The lowest BCUT2D eigenvalue weighted by Gasteiger charge is -2.32. The molecule has 0 unspecified atom stereocenters. The van der Waals surface area contributed by atoms with Crippen molar-refractivity contribution in [3.8, 4) is 5.75 Å². The number of amides is 2. The average Bonchev–Trinajstić information content (AvgIpc) is 3.43. The molecule has 0 heterocycles. The first-order valence-corrected chi connectivity index (χ1v) is 15.8. The minimum atomic E-state index is -3.53. The van der Waals surface area contributed by atoms with Gasteiger partial charge in [0.25, 0.3) is 0 Å². The molecule has 2 aromatic rings. The summed E-state index contributed by atoms with van der Waals surface area (Å²) in [5, 5.41) is 3.15. The molecule has 0 bridgehead atoms. The van der Waals surface area contributed by atoms with E-state index in [-0.39, 0.29) is 37.4 Å². The molecular formula is C30H43N3O5S. The van der Waals surface area contributed by atoms with Crippen LogP contribution in [-0.4, -0.2) is 57.1 Å². The van der Waals surface area contributed by atoms with Crippen LogP contribution >= 0.6 is 0 Å². The second-order valence-electron chi connectivity index (χ2n) is 10.2. The van der Waals surface area contributed by atoms with Crippen LogP contribution in [0.2, 0.25) is 0 Å². The maximum Gasteiger partial charge on any atom is 0.243 e. The third-order valence-corrected chi connectivity index (χ3v) is 8.55. The lowest BCUT2D eigenvalue weighted by molar-refractivity contribution is -0.141. The third-order valence-electron chi connectivity index (χ3n) is 7.36. The Hall–Kier alpha value is -3.07. The zero-order valence-electron chi connectivity index (χ0n) is 23.7. The molecule has 214 valence electrons. The molecule has 0 aliphatic heterocycles. The zero-order chi connectivity index (χ0) is 28.4. The lowest BCUT2D eigenvalue weighted by Crippen LogP contribution is -2.51. The topological polar surface area (TPSA) is 96.0 Å². The van der Waals surface area contributed by atoms with Crippen LogP contribution < -0.4 is 14.4 Å². The Labute approximate surface area is 233 Å². The molecule has 1 fully saturated rings. The first-order valence-electron chi connectivity index (χ1n) is 14.0. The molecule has 2 amide bonds. The predicted octanol–water partition coefficient (Wildman–Crippen LogP) is 4.67. The molecule has 1 aliphatic carbocycles. The van der Waals surface area contributed by atoms with E-state index in [9.17, 15) is 18.0 Å². The standard InChI is InChI=1S/C30H43N3O5S/c1-5-23-16-18-26(19-17-23)33(39(4,36)37)20-10-15-29(34)32(22-24-11-9-14-27(21-24)38-3)28(6-2)30(35)31-25-12-7-8-13-25/h9,11,14,16-19,21,25,28H,5-8,10,12-13,15,20,22H2,1-4H3,(H,31,35)/t28-/m0/s1. The Bertz CT molecular complexity index is 1190. The van der Waals surface area contributed by atoms with Crippen LogP contribution in [-0.2, 0) is 32.6 Å². The summed E-state index contributed by atoms with van der Waals surface area (Å²) in [5.74, 6) is 0.372. The number of sulfonamides is 1. The number of benzene rings is 2. The highest BCUT2D eigenvalue weighted by molar-refractivity contribution is 7.92. The van der Waals surface area contributed by atoms with Crippen LogP contribution in [0.4, 0.5) is 5.69 Å². The van der Waals surface area contributed by atoms with Crippen LogP contribution in [0, 0.1) is 0 Å². The largest absolute Gasteiger partial charge is 0.497 e. The van der Waals surface area contributed by atoms with Crippen molar-refractivity contribution in [1.82, 2.24) is 10.2 Å². The van der Waals surface area contributed by atoms with Crippen LogP contribution in [0.15, 0.2) is 48.5 Å². The third kappa shape index (κ3) is 8.71. The van der Waals surface area contributed by atoms with Crippen LogP contribution in [0.3, 0.4) is 0 Å². The number of rotatable bonds is 14. The molecular weight excluding hydrogens is 514 g/mol. The number of anilines is 1. The van der Waals surface area contributed by atoms with Gasteiger partial charge in [-0.15, -0.1) is 0 Å². The number of hydrogen-bond acceptors (Lipinski definition) is 5. The SMILES string of the molecule is CCc1ccc(N(CCCC(=O)N(Cc2cccc(OC)c2)[C@@H](CC)C(=O)NC2CCCC2)S(C)(=O)=O)cc1. The van der Waals surface area contributed by atoms with Gasteiger partial charge in [0.2, 0.25) is 21.8 Å². The summed E-state index contributed by atoms with van der Waals surface area (Å²) in [6, 6.07) is 14.5. The molecule has 1 saturated carbocycles. The number of carbonyl (C=O) groups is 2. The molecule has 0 saturated heterocycles. The first-order chi connectivity index (χ1) is 18.7. The quantitative estimate of drug-likeness (QED) is 0.364. The van der Waals surface area contributed by atoms with Crippen molar-refractivity contribution < 1.29 is 22.7 Å². The number of nitrogens with one attached hydrogen (secondary N) is 1. The van der Waals surface area contributed by atoms with Gasteiger partial charge in [0.15, 0.2) is 0 Å². The van der Waals surface area contributed by atoms with Gasteiger partial charge >= 0.3 is 0 Å². The number of carbonyl (C=O) groups excluding carboxylic acids is 2. The zero-order valence-corrected chi connectivity index (χ0v) is 24.5. The molecule has 1 N–H and O–H groups in total. The van der Waals surface area contributed by atoms with Crippen molar-refractivity contribution in [3.63, 3.8) is 0 Å². The summed E-state index contributed by atoms with van der Waals surface area (Å²) in [5.41, 5.74) is 2.57. The van der Waals surface area contributed by atoms with Crippen molar-refractivity contribution in [2.45, 2.75) is 83.8 Å². The van der Waals surface area contributed by atoms with Crippen molar-refractivity contribution in [2.75, 3.05) is 24.2 Å². The maximum absolute atomic E-state index is 13.6. The van der Waals surface area contributed by atoms with Crippen LogP contribution in [0.25, 0.3) is 0 Å². The van der Waals surface area contributed by atoms with Crippen LogP contribution in [0.1, 0.15) is 69.9 Å². The van der Waals surface area contributed by atoms with Crippen molar-refractivity contribution in [1.29, 1.82) is 0 Å². The van der Waals surface area contributed by atoms with E-state index in [1.165, 1.54) is 10.6 Å². The molecule has 9 heteroatoms. The first kappa shape index (κ1) is 30.5. The number of hydrogen-bond donors (Lipinski definition) is 1. The van der Waals surface area contributed by atoms with Crippen molar-refractivity contribution >= 4 is 27.5 Å². The van der Waals surface area contributed by atoms with Gasteiger partial charge < -0.3 is 15.0 Å². The highest BCUT2D eigenvalue weighted by Crippen LogP contribution is 2.23. The fourth-order valence-electron chi connectivity index (χ4n) is 5.16. The molecule has 0 spiro atoms. The minimum absolute atomic E-state index is 0.121. The molecule has 2 aromatic carbocycles. The smallest absolute Gasteiger partial charge is 0.243 e. The van der Waals surface area contributed by atoms with Gasteiger partial charge in [-0.3, -0.25) is 13.9 Å². The Morgan fingerprint density at radius 3 is 2.33 bits per heavy atom. The normalized spacial score (nSPS) is 14.6. The fraction of sp³-hybridized carbons (Fsp3) is 0.533. The lowest BCUT2D eigenvalue weighted by atomic mass is 10.1. The summed E-state index contributed by atoms with van der Waals surface area (Å²) in [4.78, 5) is 28.6. The summed E-state index contributed by atoms with van der Waals surface area (Å²) in [7, 11) is -1.94. The Kier molecular flexibility index (Phi) is 11.2. The molecule has 1 aliphatic rings. The fourth-order valence-corrected chi connectivity index (χ4v) is 6.12. The van der Waals surface area contributed by atoms with E-state index in [0.717, 1.165) is 43.2 Å². The molecule has 39 heavy (non-hydrogen) atoms. The van der Waals surface area contributed by atoms with Crippen LogP contribution in [0.5, 0.6) is 5.75 Å². The molecule has 3 rings (SSSR count). The minimum Gasteiger partial charge on any atom is -0.497 e. The van der Waals surface area contributed by atoms with Gasteiger partial charge in [0, 0.05) is 25.6 Å². The van der Waals surface area contributed by atoms with E-state index in [4.69, 9.17) is 4.74 Å². The maximum atomic E-state index is 13.6. The van der Waals surface area contributed by atoms with E-state index in [2.05, 4.69) is 5.32 Å². The van der Waals surface area contributed by atoms with E-state index >= 15 is 0 Å². The van der Waals surface area contributed by atoms with Crippen molar-refractivity contribution in [3.05, 3.63) is 59.7 Å². The highest BCUT2D eigenvalue weighted by atomic mass is 32.2. The van der Waals surface area contributed by atoms with Gasteiger partial charge in [-0.05, 0) is 67.5 Å². The Morgan fingerprint density at radius 2 is 1.74 bits per heavy atom. The van der Waals surface area contributed by atoms with E-state index < -0.39 is 16.1 Å². The van der Waals surface area contributed by atoms with Gasteiger partial charge in [0.05, 0.1) is 19.1 Å². The van der Waals surface area contributed by atoms with Crippen molar-refractivity contribution in [2.24, 2.45) is 0 Å².